The van der Waals surface area contributed by atoms with Gasteiger partial charge in [-0.05, 0) is 79.2 Å². The lowest BCUT2D eigenvalue weighted by atomic mass is 9.82. The van der Waals surface area contributed by atoms with Gasteiger partial charge in [-0.15, -0.1) is 0 Å². The van der Waals surface area contributed by atoms with Gasteiger partial charge in [-0.25, -0.2) is 13.2 Å². The van der Waals surface area contributed by atoms with Crippen LogP contribution in [-0.4, -0.2) is 6.10 Å². The van der Waals surface area contributed by atoms with E-state index in [0.29, 0.717) is 5.56 Å². The lowest BCUT2D eigenvalue weighted by Crippen LogP contribution is -2.21. The van der Waals surface area contributed by atoms with E-state index in [1.54, 1.807) is 18.2 Å². The zero-order chi connectivity index (χ0) is 24.8. The number of hydrogen-bond donors (Lipinski definition) is 0. The number of benzene rings is 3. The molecule has 1 fully saturated rings. The fourth-order valence-corrected chi connectivity index (χ4v) is 5.03. The minimum absolute atomic E-state index is 0.0261. The van der Waals surface area contributed by atoms with Crippen LogP contribution in [0.25, 0.3) is 11.1 Å². The number of halogens is 3. The molecule has 1 nitrogen and oxygen atoms in total. The van der Waals surface area contributed by atoms with E-state index in [0.717, 1.165) is 68.1 Å². The summed E-state index contributed by atoms with van der Waals surface area (Å²) in [5.74, 6) is -1.61. The highest BCUT2D eigenvalue weighted by molar-refractivity contribution is 5.65. The SMILES string of the molecule is CCCCc1ccc(C2CCC(OCc3ccc(-c4ccc(CC)cc4)c(F)c3F)CC2)c(F)c1. The van der Waals surface area contributed by atoms with Crippen LogP contribution in [0.3, 0.4) is 0 Å². The van der Waals surface area contributed by atoms with Crippen LogP contribution in [-0.2, 0) is 24.2 Å². The average molecular weight is 481 g/mol. The molecule has 0 atom stereocenters. The second-order valence-electron chi connectivity index (χ2n) is 9.69. The minimum Gasteiger partial charge on any atom is -0.373 e. The van der Waals surface area contributed by atoms with E-state index in [9.17, 15) is 13.2 Å². The maximum Gasteiger partial charge on any atom is 0.167 e. The smallest absolute Gasteiger partial charge is 0.167 e. The van der Waals surface area contributed by atoms with Crippen molar-refractivity contribution >= 4 is 0 Å². The first-order valence-electron chi connectivity index (χ1n) is 13.0. The lowest BCUT2D eigenvalue weighted by molar-refractivity contribution is 0.0117. The number of unbranched alkanes of at least 4 members (excludes halogenated alkanes) is 1. The molecule has 0 amide bonds. The van der Waals surface area contributed by atoms with Crippen LogP contribution in [0.15, 0.2) is 54.6 Å². The first kappa shape index (κ1) is 25.5. The maximum absolute atomic E-state index is 14.8. The Morgan fingerprint density at radius 2 is 1.51 bits per heavy atom. The Morgan fingerprint density at radius 1 is 0.800 bits per heavy atom. The van der Waals surface area contributed by atoms with Crippen molar-refractivity contribution in [2.24, 2.45) is 0 Å². The normalized spacial score (nSPS) is 18.1. The Labute approximate surface area is 207 Å². The van der Waals surface area contributed by atoms with E-state index in [1.807, 2.05) is 30.3 Å². The second kappa shape index (κ2) is 11.9. The van der Waals surface area contributed by atoms with Crippen LogP contribution in [0, 0.1) is 17.5 Å². The molecule has 3 aromatic rings. The van der Waals surface area contributed by atoms with Gasteiger partial charge in [0.25, 0.3) is 0 Å². The molecule has 1 aliphatic rings. The third-order valence-electron chi connectivity index (χ3n) is 7.31. The van der Waals surface area contributed by atoms with Crippen LogP contribution in [0.2, 0.25) is 0 Å². The predicted molar refractivity (Wildman–Crippen MR) is 136 cm³/mol. The summed E-state index contributed by atoms with van der Waals surface area (Å²) in [6.45, 7) is 4.23. The van der Waals surface area contributed by atoms with E-state index in [2.05, 4.69) is 19.9 Å². The number of ether oxygens (including phenoxy) is 1. The Kier molecular flexibility index (Phi) is 8.67. The van der Waals surface area contributed by atoms with E-state index in [-0.39, 0.29) is 35.6 Å². The molecule has 186 valence electrons. The molecule has 0 aliphatic heterocycles. The van der Waals surface area contributed by atoms with Gasteiger partial charge in [-0.2, -0.15) is 0 Å². The molecule has 0 aromatic heterocycles. The molecule has 4 rings (SSSR count). The summed E-state index contributed by atoms with van der Waals surface area (Å²) in [4.78, 5) is 0. The molecule has 1 aliphatic carbocycles. The van der Waals surface area contributed by atoms with Crippen LogP contribution in [0.1, 0.15) is 80.5 Å². The summed E-state index contributed by atoms with van der Waals surface area (Å²) < 4.78 is 50.2. The van der Waals surface area contributed by atoms with Crippen molar-refractivity contribution in [1.29, 1.82) is 0 Å². The topological polar surface area (TPSA) is 9.23 Å². The second-order valence-corrected chi connectivity index (χ2v) is 9.69. The molecule has 35 heavy (non-hydrogen) atoms. The first-order valence-corrected chi connectivity index (χ1v) is 13.0. The third kappa shape index (κ3) is 6.16. The van der Waals surface area contributed by atoms with Gasteiger partial charge in [0.05, 0.1) is 12.7 Å². The molecule has 0 radical (unpaired) electrons. The van der Waals surface area contributed by atoms with Gasteiger partial charge in [0.2, 0.25) is 0 Å². The monoisotopic (exact) mass is 480 g/mol. The molecular weight excluding hydrogens is 445 g/mol. The fraction of sp³-hybridized carbons (Fsp3) is 0.419. The van der Waals surface area contributed by atoms with Gasteiger partial charge in [-0.3, -0.25) is 0 Å². The van der Waals surface area contributed by atoms with Crippen LogP contribution in [0.5, 0.6) is 0 Å². The quantitative estimate of drug-likeness (QED) is 0.297. The van der Waals surface area contributed by atoms with Crippen molar-refractivity contribution in [2.75, 3.05) is 0 Å². The molecule has 0 bridgehead atoms. The minimum atomic E-state index is -0.846. The zero-order valence-electron chi connectivity index (χ0n) is 20.8. The lowest BCUT2D eigenvalue weighted by Gasteiger charge is -2.29. The molecule has 0 saturated heterocycles. The summed E-state index contributed by atoms with van der Waals surface area (Å²) in [7, 11) is 0. The Bertz CT molecular complexity index is 1110. The Balaban J connectivity index is 1.33. The number of rotatable bonds is 9. The van der Waals surface area contributed by atoms with Crippen LogP contribution >= 0.6 is 0 Å². The fourth-order valence-electron chi connectivity index (χ4n) is 5.03. The summed E-state index contributed by atoms with van der Waals surface area (Å²) >= 11 is 0. The average Bonchev–Trinajstić information content (AvgIpc) is 2.89. The van der Waals surface area contributed by atoms with Crippen molar-refractivity contribution in [1.82, 2.24) is 0 Å². The standard InChI is InChI=1S/C31H35F3O/c1-3-5-6-22-9-17-27(29(32)19-22)23-12-15-26(16-13-23)35-20-25-14-18-28(31(34)30(25)33)24-10-7-21(4-2)8-11-24/h7-11,14,17-19,23,26H,3-6,12-13,15-16,20H2,1-2H3. The molecule has 0 spiro atoms. The molecule has 0 unspecified atom stereocenters. The predicted octanol–water partition coefficient (Wildman–Crippen LogP) is 8.92. The molecule has 0 heterocycles. The summed E-state index contributed by atoms with van der Waals surface area (Å²) in [6.07, 6.45) is 7.19. The van der Waals surface area contributed by atoms with Crippen molar-refractivity contribution in [2.45, 2.75) is 83.8 Å². The molecule has 3 aromatic carbocycles. The van der Waals surface area contributed by atoms with Crippen molar-refractivity contribution in [3.8, 4) is 11.1 Å². The molecular formula is C31H35F3O. The summed E-state index contributed by atoms with van der Waals surface area (Å²) in [6, 6.07) is 16.5. The van der Waals surface area contributed by atoms with Gasteiger partial charge >= 0.3 is 0 Å². The van der Waals surface area contributed by atoms with Crippen LogP contribution < -0.4 is 0 Å². The molecule has 1 saturated carbocycles. The van der Waals surface area contributed by atoms with Gasteiger partial charge in [0.1, 0.15) is 5.82 Å². The van der Waals surface area contributed by atoms with E-state index < -0.39 is 11.6 Å². The van der Waals surface area contributed by atoms with Gasteiger partial charge in [0.15, 0.2) is 11.6 Å². The Morgan fingerprint density at radius 3 is 2.17 bits per heavy atom. The maximum atomic E-state index is 14.8. The van der Waals surface area contributed by atoms with Gasteiger partial charge in [0, 0.05) is 11.1 Å². The van der Waals surface area contributed by atoms with Crippen molar-refractivity contribution in [3.63, 3.8) is 0 Å². The van der Waals surface area contributed by atoms with E-state index in [1.165, 1.54) is 0 Å². The summed E-state index contributed by atoms with van der Waals surface area (Å²) in [5.41, 5.74) is 4.16. The van der Waals surface area contributed by atoms with Crippen molar-refractivity contribution < 1.29 is 17.9 Å². The highest BCUT2D eigenvalue weighted by Gasteiger charge is 2.25. The van der Waals surface area contributed by atoms with Crippen LogP contribution in [0.4, 0.5) is 13.2 Å². The summed E-state index contributed by atoms with van der Waals surface area (Å²) in [5, 5.41) is 0. The van der Waals surface area contributed by atoms with E-state index in [4.69, 9.17) is 4.74 Å². The van der Waals surface area contributed by atoms with Gasteiger partial charge in [-0.1, -0.05) is 68.8 Å². The highest BCUT2D eigenvalue weighted by Crippen LogP contribution is 2.36. The molecule has 4 heteroatoms. The van der Waals surface area contributed by atoms with E-state index >= 15 is 0 Å². The van der Waals surface area contributed by atoms with Gasteiger partial charge < -0.3 is 4.74 Å². The Hall–Kier alpha value is -2.59. The largest absolute Gasteiger partial charge is 0.373 e. The molecule has 0 N–H and O–H groups in total. The highest BCUT2D eigenvalue weighted by atomic mass is 19.2. The zero-order valence-corrected chi connectivity index (χ0v) is 20.8. The first-order chi connectivity index (χ1) is 17.0. The van der Waals surface area contributed by atoms with Crippen molar-refractivity contribution in [3.05, 3.63) is 94.3 Å². The number of hydrogen-bond acceptors (Lipinski definition) is 1. The number of aryl methyl sites for hydroxylation is 2. The third-order valence-corrected chi connectivity index (χ3v) is 7.31.